The minimum Gasteiger partial charge on any atom is -0.435 e. The highest BCUT2D eigenvalue weighted by Gasteiger charge is 2.41. The van der Waals surface area contributed by atoms with Gasteiger partial charge >= 0.3 is 12.6 Å². The van der Waals surface area contributed by atoms with Crippen LogP contribution >= 0.6 is 0 Å². The van der Waals surface area contributed by atoms with Crippen molar-refractivity contribution in [3.63, 3.8) is 0 Å². The molecule has 0 radical (unpaired) electrons. The molecule has 3 N–H and O–H groups in total. The lowest BCUT2D eigenvalue weighted by Gasteiger charge is -2.36. The minimum absolute atomic E-state index is 0.00291. The second kappa shape index (κ2) is 11.2. The van der Waals surface area contributed by atoms with E-state index >= 15 is 0 Å². The monoisotopic (exact) mass is 578 g/mol. The predicted octanol–water partition coefficient (Wildman–Crippen LogP) is 3.21. The van der Waals surface area contributed by atoms with Gasteiger partial charge in [-0.1, -0.05) is 6.07 Å². The number of nitrogens with two attached hydrogens (primary N) is 1. The number of nitrogens with zero attached hydrogens (tertiary/aromatic N) is 6. The zero-order valence-electron chi connectivity index (χ0n) is 23.4. The highest BCUT2D eigenvalue weighted by molar-refractivity contribution is 6.70. The number of aryl methyl sites for hydroxylation is 1. The van der Waals surface area contributed by atoms with E-state index in [9.17, 15) is 13.6 Å². The van der Waals surface area contributed by atoms with Crippen LogP contribution in [-0.4, -0.2) is 70.7 Å². The summed E-state index contributed by atoms with van der Waals surface area (Å²) < 4.78 is 37.6. The third kappa shape index (κ3) is 5.50. The molecule has 3 aliphatic heterocycles. The molecule has 0 bridgehead atoms. The Morgan fingerprint density at radius 1 is 1.14 bits per heavy atom. The quantitative estimate of drug-likeness (QED) is 0.374. The number of imidazole rings is 1. The number of hydrogen-bond donors (Lipinski definition) is 2. The molecule has 0 aliphatic carbocycles. The highest BCUT2D eigenvalue weighted by atomic mass is 19.3. The van der Waals surface area contributed by atoms with Gasteiger partial charge in [0.1, 0.15) is 11.6 Å². The number of anilines is 1. The molecule has 1 amide bonds. The molecule has 220 valence electrons. The van der Waals surface area contributed by atoms with Crippen LogP contribution in [0.1, 0.15) is 31.2 Å². The van der Waals surface area contributed by atoms with Gasteiger partial charge in [0.05, 0.1) is 16.7 Å². The van der Waals surface area contributed by atoms with Gasteiger partial charge in [-0.05, 0) is 69.3 Å². The van der Waals surface area contributed by atoms with Crippen LogP contribution in [0.2, 0.25) is 0 Å². The summed E-state index contributed by atoms with van der Waals surface area (Å²) in [5.74, 6) is -1.19. The van der Waals surface area contributed by atoms with Crippen molar-refractivity contribution in [2.45, 2.75) is 38.8 Å². The van der Waals surface area contributed by atoms with Gasteiger partial charge in [-0.15, -0.1) is 0 Å². The van der Waals surface area contributed by atoms with Gasteiger partial charge in [-0.2, -0.15) is 13.8 Å². The van der Waals surface area contributed by atoms with E-state index < -0.39 is 18.5 Å². The molecule has 42 heavy (non-hydrogen) atoms. The molecule has 1 aromatic heterocycles. The first-order chi connectivity index (χ1) is 20.2. The van der Waals surface area contributed by atoms with Crippen molar-refractivity contribution in [1.82, 2.24) is 19.8 Å². The molecule has 1 fully saturated rings. The van der Waals surface area contributed by atoms with Gasteiger partial charge in [-0.25, -0.2) is 9.98 Å². The van der Waals surface area contributed by atoms with E-state index in [2.05, 4.69) is 29.5 Å². The molecule has 0 spiro atoms. The standard InChI is InChI=1S/C29H32F2N8O3/c1-3-41-29(32)35-26-25(27(40)36-29)34-22(17-39(26)19-7-9-20(10-8-19)42-28(30)31)18-6-11-21-23(16-18)37(2)24(33-21)12-15-38-13-4-5-14-38/h6-11,16-17,28H,3-5,12-15,32H2,1-2H3,(H,36,40). The first-order valence-electron chi connectivity index (χ1n) is 13.9. The summed E-state index contributed by atoms with van der Waals surface area (Å²) in [6, 6.07) is 11.8. The Balaban J connectivity index is 1.38. The van der Waals surface area contributed by atoms with Gasteiger partial charge in [0.2, 0.25) is 0 Å². The number of nitrogens with one attached hydrogen (secondary N) is 1. The third-order valence-electron chi connectivity index (χ3n) is 7.53. The molecule has 6 rings (SSSR count). The molecule has 1 saturated heterocycles. The van der Waals surface area contributed by atoms with Crippen molar-refractivity contribution < 1.29 is 23.0 Å². The summed E-state index contributed by atoms with van der Waals surface area (Å²) in [4.78, 5) is 31.3. The Bertz CT molecular complexity index is 1590. The number of amides is 1. The Morgan fingerprint density at radius 3 is 2.62 bits per heavy atom. The number of rotatable bonds is 9. The third-order valence-corrected chi connectivity index (χ3v) is 7.53. The molecule has 1 atom stereocenters. The second-order valence-electron chi connectivity index (χ2n) is 10.3. The summed E-state index contributed by atoms with van der Waals surface area (Å²) in [5, 5.41) is 2.57. The van der Waals surface area contributed by atoms with E-state index in [4.69, 9.17) is 15.5 Å². The molecule has 3 aromatic rings. The molecule has 0 saturated carbocycles. The van der Waals surface area contributed by atoms with Gasteiger partial charge in [-0.3, -0.25) is 20.7 Å². The number of aliphatic imine (C=N–C) groups is 2. The van der Waals surface area contributed by atoms with Gasteiger partial charge < -0.3 is 18.9 Å². The van der Waals surface area contributed by atoms with Crippen LogP contribution in [0.15, 0.2) is 58.6 Å². The normalized spacial score (nSPS) is 20.9. The molecule has 4 heterocycles. The fourth-order valence-corrected chi connectivity index (χ4v) is 5.46. The summed E-state index contributed by atoms with van der Waals surface area (Å²) >= 11 is 0. The van der Waals surface area contributed by atoms with Crippen molar-refractivity contribution in [2.75, 3.05) is 31.1 Å². The molecule has 1 unspecified atom stereocenters. The zero-order valence-corrected chi connectivity index (χ0v) is 23.4. The van der Waals surface area contributed by atoms with Crippen LogP contribution in [0.3, 0.4) is 0 Å². The second-order valence-corrected chi connectivity index (χ2v) is 10.3. The van der Waals surface area contributed by atoms with Crippen molar-refractivity contribution in [2.24, 2.45) is 22.8 Å². The number of aromatic nitrogens is 2. The summed E-state index contributed by atoms with van der Waals surface area (Å²) in [7, 11) is 2.00. The van der Waals surface area contributed by atoms with Crippen LogP contribution < -0.4 is 20.7 Å². The Hall–Kier alpha value is -4.20. The highest BCUT2D eigenvalue weighted by Crippen LogP contribution is 2.31. The number of fused-ring (bicyclic) bond motifs is 2. The predicted molar refractivity (Wildman–Crippen MR) is 155 cm³/mol. The lowest BCUT2D eigenvalue weighted by Crippen LogP contribution is -2.64. The molecule has 13 heteroatoms. The number of amidine groups is 1. The van der Waals surface area contributed by atoms with Crippen LogP contribution in [0.5, 0.6) is 5.75 Å². The van der Waals surface area contributed by atoms with E-state index in [1.54, 1.807) is 30.2 Å². The number of hydrogen-bond acceptors (Lipinski definition) is 9. The maximum absolute atomic E-state index is 13.2. The number of halogens is 2. The van der Waals surface area contributed by atoms with E-state index in [0.717, 1.165) is 48.5 Å². The molecular formula is C29H32F2N8O3. The van der Waals surface area contributed by atoms with Crippen LogP contribution in [0.25, 0.3) is 16.7 Å². The van der Waals surface area contributed by atoms with Crippen molar-refractivity contribution in [1.29, 1.82) is 0 Å². The smallest absolute Gasteiger partial charge is 0.387 e. The Kier molecular flexibility index (Phi) is 7.47. The number of carbonyl (C=O) groups excluding carboxylic acids is 1. The van der Waals surface area contributed by atoms with Crippen LogP contribution in [0, 0.1) is 0 Å². The number of benzene rings is 2. The fourth-order valence-electron chi connectivity index (χ4n) is 5.46. The van der Waals surface area contributed by atoms with E-state index in [0.29, 0.717) is 11.4 Å². The maximum Gasteiger partial charge on any atom is 0.387 e. The van der Waals surface area contributed by atoms with E-state index in [1.807, 2.05) is 25.2 Å². The topological polar surface area (TPSA) is 123 Å². The number of alkyl halides is 2. The Morgan fingerprint density at radius 2 is 1.90 bits per heavy atom. The number of carbonyl (C=O) groups is 1. The van der Waals surface area contributed by atoms with Crippen molar-refractivity contribution in [3.8, 4) is 5.75 Å². The van der Waals surface area contributed by atoms with E-state index in [-0.39, 0.29) is 23.9 Å². The lowest BCUT2D eigenvalue weighted by molar-refractivity contribution is -0.126. The summed E-state index contributed by atoms with van der Waals surface area (Å²) in [6.45, 7) is 2.22. The van der Waals surface area contributed by atoms with Gasteiger partial charge in [0.25, 0.3) is 5.91 Å². The van der Waals surface area contributed by atoms with Crippen molar-refractivity contribution >= 4 is 39.9 Å². The molecule has 3 aliphatic rings. The molecule has 2 aromatic carbocycles. The first-order valence-corrected chi connectivity index (χ1v) is 13.9. The van der Waals surface area contributed by atoms with Gasteiger partial charge in [0.15, 0.2) is 11.5 Å². The lowest BCUT2D eigenvalue weighted by atomic mass is 10.1. The zero-order chi connectivity index (χ0) is 29.4. The maximum atomic E-state index is 13.2. The number of likely N-dealkylation sites (tertiary alicyclic amines) is 1. The van der Waals surface area contributed by atoms with Crippen LogP contribution in [-0.2, 0) is 23.0 Å². The van der Waals surface area contributed by atoms with Gasteiger partial charge in [0, 0.05) is 44.1 Å². The first kappa shape index (κ1) is 27.9. The largest absolute Gasteiger partial charge is 0.435 e. The molecular weight excluding hydrogens is 546 g/mol. The SMILES string of the molecule is CCOC1(N)N=C2C(=NC(c3ccc4nc(CCN5CCCC5)n(C)c4c3)=CN2c2ccc(OC(F)F)cc2)C(=O)N1. The van der Waals surface area contributed by atoms with Crippen LogP contribution in [0.4, 0.5) is 14.5 Å². The fraction of sp³-hybridized carbons (Fsp3) is 0.379. The summed E-state index contributed by atoms with van der Waals surface area (Å²) in [6.07, 6.45) is 5.07. The Labute approximate surface area is 241 Å². The minimum atomic E-state index is -2.95. The summed E-state index contributed by atoms with van der Waals surface area (Å²) in [5.41, 5.74) is 9.85. The number of ether oxygens (including phenoxy) is 2. The van der Waals surface area contributed by atoms with Crippen molar-refractivity contribution in [3.05, 3.63) is 60.1 Å². The van der Waals surface area contributed by atoms with E-state index in [1.165, 1.54) is 25.0 Å². The average molecular weight is 579 g/mol. The molecule has 11 nitrogen and oxygen atoms in total. The average Bonchev–Trinajstić information content (AvgIpc) is 3.59.